The number of carbonyl (C=O) groups excluding carboxylic acids is 1. The molecule has 0 bridgehead atoms. The summed E-state index contributed by atoms with van der Waals surface area (Å²) in [5, 5.41) is 0. The summed E-state index contributed by atoms with van der Waals surface area (Å²) in [4.78, 5) is 12.9. The van der Waals surface area contributed by atoms with Crippen LogP contribution in [0.1, 0.15) is 5.56 Å². The van der Waals surface area contributed by atoms with Gasteiger partial charge in [-0.3, -0.25) is 4.79 Å². The molecule has 2 nitrogen and oxygen atoms in total. The van der Waals surface area contributed by atoms with Crippen molar-refractivity contribution in [3.63, 3.8) is 0 Å². The molecule has 1 aromatic carbocycles. The largest absolute Gasteiger partial charge is 0.416 e. The van der Waals surface area contributed by atoms with E-state index in [0.717, 1.165) is 12.1 Å². The molecule has 0 saturated carbocycles. The predicted octanol–water partition coefficient (Wildman–Crippen LogP) is 3.78. The maximum atomic E-state index is 12.6. The fraction of sp³-hybridized carbons (Fsp3) is 0.250. The molecule has 0 amide bonds. The maximum absolute atomic E-state index is 12.6. The van der Waals surface area contributed by atoms with Crippen LogP contribution in [0.3, 0.4) is 0 Å². The maximum Gasteiger partial charge on any atom is 0.416 e. The smallest absolute Gasteiger partial charge is 0.324 e. The van der Waals surface area contributed by atoms with E-state index in [-0.39, 0.29) is 17.1 Å². The van der Waals surface area contributed by atoms with Gasteiger partial charge in [-0.25, -0.2) is 0 Å². The van der Waals surface area contributed by atoms with Gasteiger partial charge < -0.3 is 4.90 Å². The second-order valence-electron chi connectivity index (χ2n) is 3.94. The molecule has 7 heteroatoms. The van der Waals surface area contributed by atoms with E-state index in [1.165, 1.54) is 23.2 Å². The van der Waals surface area contributed by atoms with Crippen molar-refractivity contribution in [3.8, 4) is 0 Å². The minimum atomic E-state index is -4.44. The first-order chi connectivity index (χ1) is 8.84. The number of rotatable bonds is 2. The number of hydrogen-bond acceptors (Lipinski definition) is 2. The Hall–Kier alpha value is -1.20. The summed E-state index contributed by atoms with van der Waals surface area (Å²) in [7, 11) is 0. The normalized spacial score (nSPS) is 19.8. The second-order valence-corrected chi connectivity index (χ2v) is 4.62. The molecule has 0 aliphatic carbocycles. The van der Waals surface area contributed by atoms with Gasteiger partial charge in [0.2, 0.25) is 0 Å². The highest BCUT2D eigenvalue weighted by molar-refractivity contribution is 6.38. The number of anilines is 1. The molecule has 1 atom stereocenters. The van der Waals surface area contributed by atoms with Crippen molar-refractivity contribution < 1.29 is 18.0 Å². The first kappa shape index (κ1) is 14.2. The van der Waals surface area contributed by atoms with Gasteiger partial charge in [0.05, 0.1) is 11.4 Å². The minimum absolute atomic E-state index is 0.0302. The monoisotopic (exact) mass is 309 g/mol. The summed E-state index contributed by atoms with van der Waals surface area (Å²) in [5.74, 6) is -0.425. The molecule has 1 aliphatic heterocycles. The van der Waals surface area contributed by atoms with Crippen LogP contribution >= 0.6 is 23.2 Å². The third-order valence-corrected chi connectivity index (χ3v) is 3.38. The molecule has 0 radical (unpaired) electrons. The van der Waals surface area contributed by atoms with E-state index in [4.69, 9.17) is 23.2 Å². The van der Waals surface area contributed by atoms with Gasteiger partial charge in [0.1, 0.15) is 0 Å². The van der Waals surface area contributed by atoms with Crippen LogP contribution in [0.25, 0.3) is 0 Å². The van der Waals surface area contributed by atoms with Gasteiger partial charge >= 0.3 is 6.18 Å². The average molecular weight is 310 g/mol. The molecule has 0 saturated heterocycles. The lowest BCUT2D eigenvalue weighted by molar-refractivity contribution is -0.137. The van der Waals surface area contributed by atoms with Crippen molar-refractivity contribution in [1.29, 1.82) is 0 Å². The van der Waals surface area contributed by atoms with Gasteiger partial charge in [-0.15, -0.1) is 11.6 Å². The molecule has 0 fully saturated rings. The van der Waals surface area contributed by atoms with Crippen LogP contribution in [0.5, 0.6) is 0 Å². The summed E-state index contributed by atoms with van der Waals surface area (Å²) in [5.41, 5.74) is -1.38. The summed E-state index contributed by atoms with van der Waals surface area (Å²) in [6, 6.07) is 4.61. The first-order valence-electron chi connectivity index (χ1n) is 5.25. The molecule has 19 heavy (non-hydrogen) atoms. The van der Waals surface area contributed by atoms with Gasteiger partial charge in [-0.1, -0.05) is 17.7 Å². The van der Waals surface area contributed by atoms with Crippen molar-refractivity contribution in [2.75, 3.05) is 10.8 Å². The summed E-state index contributed by atoms with van der Waals surface area (Å²) >= 11 is 11.5. The van der Waals surface area contributed by atoms with E-state index in [1.54, 1.807) is 0 Å². The Labute approximate surface area is 117 Å². The van der Waals surface area contributed by atoms with E-state index >= 15 is 0 Å². The van der Waals surface area contributed by atoms with Crippen molar-refractivity contribution in [2.45, 2.75) is 11.7 Å². The van der Waals surface area contributed by atoms with Crippen LogP contribution in [0.4, 0.5) is 18.9 Å². The fourth-order valence-electron chi connectivity index (χ4n) is 1.72. The number of halogens is 5. The quantitative estimate of drug-likeness (QED) is 0.612. The lowest BCUT2D eigenvalue weighted by Crippen LogP contribution is -2.27. The highest BCUT2D eigenvalue weighted by atomic mass is 35.5. The van der Waals surface area contributed by atoms with Crippen molar-refractivity contribution in [2.24, 2.45) is 0 Å². The Morgan fingerprint density at radius 3 is 2.53 bits per heavy atom. The third kappa shape index (κ3) is 2.72. The van der Waals surface area contributed by atoms with Crippen molar-refractivity contribution in [1.82, 2.24) is 0 Å². The van der Waals surface area contributed by atoms with Gasteiger partial charge in [0.25, 0.3) is 0 Å². The lowest BCUT2D eigenvalue weighted by Gasteiger charge is -2.20. The summed E-state index contributed by atoms with van der Waals surface area (Å²) < 4.78 is 37.8. The number of hydrogen-bond donors (Lipinski definition) is 0. The number of Topliss-reactive ketones (excluding diaryl/α,β-unsaturated/α-hetero) is 1. The van der Waals surface area contributed by atoms with Crippen molar-refractivity contribution in [3.05, 3.63) is 41.6 Å². The lowest BCUT2D eigenvalue weighted by atomic mass is 10.2. The van der Waals surface area contributed by atoms with Crippen molar-refractivity contribution >= 4 is 34.7 Å². The molecular formula is C12H8Cl2F3NO. The zero-order valence-electron chi connectivity index (χ0n) is 9.42. The van der Waals surface area contributed by atoms with Crippen LogP contribution in [0.2, 0.25) is 0 Å². The Morgan fingerprint density at radius 1 is 1.32 bits per heavy atom. The fourth-order valence-corrected chi connectivity index (χ4v) is 2.23. The molecule has 0 aromatic heterocycles. The van der Waals surface area contributed by atoms with Crippen LogP contribution in [-0.4, -0.2) is 17.2 Å². The Morgan fingerprint density at radius 2 is 2.00 bits per heavy atom. The Bertz CT molecular complexity index is 542. The first-order valence-corrected chi connectivity index (χ1v) is 6.22. The number of benzene rings is 1. The zero-order valence-corrected chi connectivity index (χ0v) is 10.9. The van der Waals surface area contributed by atoms with E-state index < -0.39 is 23.0 Å². The molecule has 0 spiro atoms. The zero-order chi connectivity index (χ0) is 14.2. The third-order valence-electron chi connectivity index (χ3n) is 2.69. The van der Waals surface area contributed by atoms with E-state index in [2.05, 4.69) is 0 Å². The minimum Gasteiger partial charge on any atom is -0.324 e. The van der Waals surface area contributed by atoms with E-state index in [1.807, 2.05) is 0 Å². The molecule has 2 rings (SSSR count). The summed E-state index contributed by atoms with van der Waals surface area (Å²) in [6.45, 7) is 0. The van der Waals surface area contributed by atoms with Crippen LogP contribution in [0.15, 0.2) is 36.0 Å². The van der Waals surface area contributed by atoms with E-state index in [0.29, 0.717) is 0 Å². The van der Waals surface area contributed by atoms with Gasteiger partial charge in [-0.05, 0) is 18.2 Å². The Kier molecular flexibility index (Phi) is 3.78. The summed E-state index contributed by atoms with van der Waals surface area (Å²) in [6.07, 6.45) is -3.07. The second kappa shape index (κ2) is 5.06. The Balaban J connectivity index is 2.38. The van der Waals surface area contributed by atoms with Gasteiger partial charge in [0, 0.05) is 17.5 Å². The molecule has 102 valence electrons. The van der Waals surface area contributed by atoms with Crippen LogP contribution < -0.4 is 4.90 Å². The number of ketones is 1. The molecule has 1 heterocycles. The number of carbonyl (C=O) groups is 1. The standard InChI is InChI=1S/C12H8Cl2F3NO/c13-5-7-6-18(11(14)10(7)19)9-3-1-2-8(4-9)12(15,16)17/h1-4,6,11H,5H2. The molecule has 0 N–H and O–H groups in total. The molecule has 1 aromatic rings. The van der Waals surface area contributed by atoms with Gasteiger partial charge in [-0.2, -0.15) is 13.2 Å². The average Bonchev–Trinajstić information content (AvgIpc) is 2.65. The predicted molar refractivity (Wildman–Crippen MR) is 67.4 cm³/mol. The number of nitrogens with zero attached hydrogens (tertiary/aromatic N) is 1. The molecule has 1 unspecified atom stereocenters. The highest BCUT2D eigenvalue weighted by Gasteiger charge is 2.34. The van der Waals surface area contributed by atoms with Crippen LogP contribution in [0, 0.1) is 0 Å². The SMILES string of the molecule is O=C1C(CCl)=CN(c2cccc(C(F)(F)F)c2)C1Cl. The van der Waals surface area contributed by atoms with Gasteiger partial charge in [0.15, 0.2) is 11.3 Å². The highest BCUT2D eigenvalue weighted by Crippen LogP contribution is 2.34. The molecular weight excluding hydrogens is 302 g/mol. The topological polar surface area (TPSA) is 20.3 Å². The van der Waals surface area contributed by atoms with E-state index in [9.17, 15) is 18.0 Å². The molecule has 1 aliphatic rings. The van der Waals surface area contributed by atoms with Crippen LogP contribution in [-0.2, 0) is 11.0 Å². The number of alkyl halides is 5.